The van der Waals surface area contributed by atoms with Gasteiger partial charge in [0.25, 0.3) is 11.8 Å². The summed E-state index contributed by atoms with van der Waals surface area (Å²) < 4.78 is 3.48. The third-order valence-corrected chi connectivity index (χ3v) is 5.26. The van der Waals surface area contributed by atoms with Crippen LogP contribution in [0.2, 0.25) is 0 Å². The predicted molar refractivity (Wildman–Crippen MR) is 93.4 cm³/mol. The molecule has 1 aliphatic carbocycles. The average Bonchev–Trinajstić information content (AvgIpc) is 3.23. The van der Waals surface area contributed by atoms with E-state index in [0.717, 1.165) is 18.3 Å². The number of aromatic nitrogens is 5. The van der Waals surface area contributed by atoms with E-state index in [1.807, 2.05) is 0 Å². The summed E-state index contributed by atoms with van der Waals surface area (Å²) in [6, 6.07) is 1.17. The van der Waals surface area contributed by atoms with Gasteiger partial charge in [-0.3, -0.25) is 19.2 Å². The summed E-state index contributed by atoms with van der Waals surface area (Å²) in [5, 5.41) is 11.2. The van der Waals surface area contributed by atoms with Crippen LogP contribution >= 0.6 is 0 Å². The molecule has 2 amide bonds. The second kappa shape index (κ2) is 6.54. The highest BCUT2D eigenvalue weighted by molar-refractivity contribution is 6.00. The van der Waals surface area contributed by atoms with Crippen LogP contribution in [0.15, 0.2) is 18.6 Å². The lowest BCUT2D eigenvalue weighted by Crippen LogP contribution is -2.47. The number of hydrogen-bond acceptors (Lipinski definition) is 5. The minimum Gasteiger partial charge on any atom is -0.337 e. The molecule has 1 fully saturated rings. The number of fused-ring (bicyclic) bond motifs is 1. The van der Waals surface area contributed by atoms with Gasteiger partial charge in [-0.15, -0.1) is 5.10 Å². The topological polar surface area (TPSA) is 97.9 Å². The van der Waals surface area contributed by atoms with E-state index in [1.54, 1.807) is 35.0 Å². The van der Waals surface area contributed by atoms with E-state index >= 15 is 0 Å². The van der Waals surface area contributed by atoms with Crippen molar-refractivity contribution in [2.45, 2.75) is 45.3 Å². The minimum atomic E-state index is -0.617. The van der Waals surface area contributed by atoms with Crippen molar-refractivity contribution in [2.75, 3.05) is 11.9 Å². The van der Waals surface area contributed by atoms with Crippen molar-refractivity contribution in [3.8, 4) is 0 Å². The van der Waals surface area contributed by atoms with Gasteiger partial charge in [0.2, 0.25) is 5.82 Å². The van der Waals surface area contributed by atoms with Gasteiger partial charge in [0, 0.05) is 26.2 Å². The van der Waals surface area contributed by atoms with Gasteiger partial charge in [0.05, 0.1) is 6.20 Å². The maximum atomic E-state index is 12.6. The fraction of sp³-hybridized carbons (Fsp3) is 0.588. The fourth-order valence-electron chi connectivity index (χ4n) is 3.83. The Balaban J connectivity index is 1.39. The third-order valence-electron chi connectivity index (χ3n) is 5.26. The molecule has 9 heteroatoms. The molecule has 1 aliphatic heterocycles. The van der Waals surface area contributed by atoms with Crippen molar-refractivity contribution < 1.29 is 9.59 Å². The summed E-state index contributed by atoms with van der Waals surface area (Å²) in [5.41, 5.74) is 0. The van der Waals surface area contributed by atoms with Crippen LogP contribution in [0.25, 0.3) is 0 Å². The number of likely N-dealkylation sites (N-methyl/N-ethyl adjacent to an activating group) is 1. The van der Waals surface area contributed by atoms with Crippen molar-refractivity contribution in [3.63, 3.8) is 0 Å². The van der Waals surface area contributed by atoms with E-state index in [0.29, 0.717) is 18.9 Å². The fourth-order valence-corrected chi connectivity index (χ4v) is 3.83. The van der Waals surface area contributed by atoms with Gasteiger partial charge in [-0.1, -0.05) is 6.92 Å². The first kappa shape index (κ1) is 16.7. The average molecular weight is 357 g/mol. The lowest BCUT2D eigenvalue weighted by molar-refractivity contribution is -0.120. The Morgan fingerprint density at radius 2 is 2.19 bits per heavy atom. The van der Waals surface area contributed by atoms with Crippen LogP contribution in [0.3, 0.4) is 0 Å². The summed E-state index contributed by atoms with van der Waals surface area (Å²) in [5.74, 6) is 1.64. The molecule has 0 aromatic carbocycles. The van der Waals surface area contributed by atoms with Crippen LogP contribution in [0, 0.1) is 11.8 Å². The number of amides is 2. The lowest BCUT2D eigenvalue weighted by atomic mass is 9.76. The monoisotopic (exact) mass is 357 g/mol. The molecule has 2 aromatic rings. The molecule has 0 radical (unpaired) electrons. The second-order valence-corrected chi connectivity index (χ2v) is 7.36. The summed E-state index contributed by atoms with van der Waals surface area (Å²) >= 11 is 0. The van der Waals surface area contributed by atoms with E-state index in [-0.39, 0.29) is 11.7 Å². The molecule has 3 heterocycles. The highest BCUT2D eigenvalue weighted by Crippen LogP contribution is 2.33. The maximum absolute atomic E-state index is 12.6. The Bertz CT molecular complexity index is 821. The van der Waals surface area contributed by atoms with E-state index in [1.165, 1.54) is 17.7 Å². The molecule has 4 rings (SSSR count). The number of aryl methyl sites for hydroxylation is 1. The van der Waals surface area contributed by atoms with Crippen molar-refractivity contribution >= 4 is 17.6 Å². The molecule has 1 saturated carbocycles. The molecule has 1 atom stereocenters. The van der Waals surface area contributed by atoms with Crippen LogP contribution in [-0.4, -0.2) is 49.4 Å². The number of carbonyl (C=O) groups is 2. The molecule has 9 nitrogen and oxygen atoms in total. The SMILES string of the molecule is CN1C(=O)[C@@H](NC(=O)c2ncn(C[C@H]3C[C@@H](C)C3)n2)CCn2nccc21. The molecule has 0 bridgehead atoms. The predicted octanol–water partition coefficient (Wildman–Crippen LogP) is 0.686. The second-order valence-electron chi connectivity index (χ2n) is 7.36. The number of nitrogens with one attached hydrogen (secondary N) is 1. The maximum Gasteiger partial charge on any atom is 0.291 e. The highest BCUT2D eigenvalue weighted by Gasteiger charge is 2.31. The van der Waals surface area contributed by atoms with Gasteiger partial charge in [-0.2, -0.15) is 5.10 Å². The molecule has 138 valence electrons. The van der Waals surface area contributed by atoms with Crippen LogP contribution in [0.4, 0.5) is 5.82 Å². The van der Waals surface area contributed by atoms with Gasteiger partial charge in [-0.05, 0) is 31.1 Å². The van der Waals surface area contributed by atoms with Gasteiger partial charge < -0.3 is 5.32 Å². The van der Waals surface area contributed by atoms with Gasteiger partial charge in [0.15, 0.2) is 0 Å². The molecule has 2 aliphatic rings. The highest BCUT2D eigenvalue weighted by atomic mass is 16.2. The van der Waals surface area contributed by atoms with Crippen LogP contribution in [0.1, 0.15) is 36.8 Å². The van der Waals surface area contributed by atoms with Gasteiger partial charge in [0.1, 0.15) is 18.2 Å². The minimum absolute atomic E-state index is 0.106. The first-order valence-electron chi connectivity index (χ1n) is 9.01. The number of nitrogens with zero attached hydrogens (tertiary/aromatic N) is 6. The summed E-state index contributed by atoms with van der Waals surface area (Å²) in [6.07, 6.45) is 6.12. The van der Waals surface area contributed by atoms with E-state index in [2.05, 4.69) is 27.4 Å². The van der Waals surface area contributed by atoms with Crippen molar-refractivity contribution in [1.82, 2.24) is 29.9 Å². The quantitative estimate of drug-likeness (QED) is 0.868. The van der Waals surface area contributed by atoms with Crippen molar-refractivity contribution in [2.24, 2.45) is 11.8 Å². The molecule has 0 spiro atoms. The summed E-state index contributed by atoms with van der Waals surface area (Å²) in [6.45, 7) is 3.59. The van der Waals surface area contributed by atoms with Crippen LogP contribution < -0.4 is 10.2 Å². The smallest absolute Gasteiger partial charge is 0.291 e. The molecule has 0 unspecified atom stereocenters. The van der Waals surface area contributed by atoms with E-state index < -0.39 is 11.9 Å². The Labute approximate surface area is 151 Å². The zero-order valence-corrected chi connectivity index (χ0v) is 15.0. The van der Waals surface area contributed by atoms with Crippen LogP contribution in [-0.2, 0) is 17.9 Å². The lowest BCUT2D eigenvalue weighted by Gasteiger charge is -2.32. The molecule has 26 heavy (non-hydrogen) atoms. The standard InChI is InChI=1S/C17H23N7O2/c1-11-7-12(8-11)9-23-10-18-15(21-23)16(25)20-13-4-6-24-14(3-5-19-24)22(2)17(13)26/h3,5,10-13H,4,6-9H2,1-2H3,(H,20,25)/t11-,12+,13-/m0/s1. The van der Waals surface area contributed by atoms with Crippen molar-refractivity contribution in [3.05, 3.63) is 24.4 Å². The van der Waals surface area contributed by atoms with Gasteiger partial charge in [-0.25, -0.2) is 9.67 Å². The number of anilines is 1. The van der Waals surface area contributed by atoms with E-state index in [4.69, 9.17) is 0 Å². The van der Waals surface area contributed by atoms with E-state index in [9.17, 15) is 9.59 Å². The number of rotatable bonds is 4. The zero-order chi connectivity index (χ0) is 18.3. The Kier molecular flexibility index (Phi) is 4.21. The van der Waals surface area contributed by atoms with Gasteiger partial charge >= 0.3 is 0 Å². The molecule has 1 N–H and O–H groups in total. The number of carbonyl (C=O) groups excluding carboxylic acids is 2. The summed E-state index contributed by atoms with van der Waals surface area (Å²) in [7, 11) is 1.69. The molecule has 0 saturated heterocycles. The Morgan fingerprint density at radius 3 is 2.96 bits per heavy atom. The molecule has 2 aromatic heterocycles. The van der Waals surface area contributed by atoms with Crippen LogP contribution in [0.5, 0.6) is 0 Å². The normalized spacial score (nSPS) is 25.4. The Hall–Kier alpha value is -2.71. The zero-order valence-electron chi connectivity index (χ0n) is 15.0. The first-order valence-corrected chi connectivity index (χ1v) is 9.01. The molecular formula is C17H23N7O2. The third kappa shape index (κ3) is 3.09. The summed E-state index contributed by atoms with van der Waals surface area (Å²) in [4.78, 5) is 30.7. The largest absolute Gasteiger partial charge is 0.337 e. The first-order chi connectivity index (χ1) is 12.5. The number of hydrogen-bond donors (Lipinski definition) is 1. The van der Waals surface area contributed by atoms with Crippen molar-refractivity contribution in [1.29, 1.82) is 0 Å². The Morgan fingerprint density at radius 1 is 1.38 bits per heavy atom. The molecular weight excluding hydrogens is 334 g/mol.